The molecule has 15 heavy (non-hydrogen) atoms. The predicted octanol–water partition coefficient (Wildman–Crippen LogP) is 3.54. The predicted molar refractivity (Wildman–Crippen MR) is 63.6 cm³/mol. The third kappa shape index (κ3) is 1.60. The van der Waals surface area contributed by atoms with E-state index in [1.807, 2.05) is 6.07 Å². The Kier molecular flexibility index (Phi) is 2.43. The quantitative estimate of drug-likeness (QED) is 0.728. The van der Waals surface area contributed by atoms with Crippen LogP contribution in [0.2, 0.25) is 0 Å². The van der Waals surface area contributed by atoms with Crippen molar-refractivity contribution in [1.82, 2.24) is 4.57 Å². The first-order valence-corrected chi connectivity index (χ1v) is 5.28. The molecule has 2 aromatic rings. The summed E-state index contributed by atoms with van der Waals surface area (Å²) in [6.45, 7) is 6.53. The first kappa shape index (κ1) is 10.1. The third-order valence-electron chi connectivity index (χ3n) is 2.80. The molecule has 0 amide bonds. The summed E-state index contributed by atoms with van der Waals surface area (Å²) in [5, 5.41) is 1.28. The standard InChI is InChI=1S/C13H17NO/c1-9(2)14-8-10(3)12-7-11(15-4)5-6-13(12)14/h5-9H,1-4H3. The second-order valence-corrected chi connectivity index (χ2v) is 4.20. The molecule has 0 fully saturated rings. The van der Waals surface area contributed by atoms with Crippen LogP contribution in [0.15, 0.2) is 24.4 Å². The molecule has 0 saturated heterocycles. The summed E-state index contributed by atoms with van der Waals surface area (Å²) in [4.78, 5) is 0. The molecule has 80 valence electrons. The van der Waals surface area contributed by atoms with Crippen molar-refractivity contribution >= 4 is 10.9 Å². The number of rotatable bonds is 2. The molecule has 2 nitrogen and oxygen atoms in total. The highest BCUT2D eigenvalue weighted by Crippen LogP contribution is 2.27. The van der Waals surface area contributed by atoms with E-state index < -0.39 is 0 Å². The minimum Gasteiger partial charge on any atom is -0.497 e. The largest absolute Gasteiger partial charge is 0.497 e. The Hall–Kier alpha value is -1.44. The van der Waals surface area contributed by atoms with Gasteiger partial charge in [0.25, 0.3) is 0 Å². The fourth-order valence-electron chi connectivity index (χ4n) is 1.96. The molecule has 1 aromatic carbocycles. The van der Waals surface area contributed by atoms with Crippen LogP contribution >= 0.6 is 0 Å². The molecule has 0 unspecified atom stereocenters. The van der Waals surface area contributed by atoms with Gasteiger partial charge in [-0.15, -0.1) is 0 Å². The lowest BCUT2D eigenvalue weighted by Crippen LogP contribution is -1.97. The van der Waals surface area contributed by atoms with Crippen molar-refractivity contribution in [3.63, 3.8) is 0 Å². The zero-order valence-corrected chi connectivity index (χ0v) is 9.74. The smallest absolute Gasteiger partial charge is 0.119 e. The zero-order chi connectivity index (χ0) is 11.0. The van der Waals surface area contributed by atoms with Gasteiger partial charge in [-0.05, 0) is 44.5 Å². The van der Waals surface area contributed by atoms with Crippen molar-refractivity contribution in [3.05, 3.63) is 30.0 Å². The number of fused-ring (bicyclic) bond motifs is 1. The van der Waals surface area contributed by atoms with Crippen LogP contribution in [0, 0.1) is 6.92 Å². The van der Waals surface area contributed by atoms with Gasteiger partial charge < -0.3 is 9.30 Å². The van der Waals surface area contributed by atoms with Gasteiger partial charge in [-0.3, -0.25) is 0 Å². The van der Waals surface area contributed by atoms with Gasteiger partial charge in [0.2, 0.25) is 0 Å². The van der Waals surface area contributed by atoms with Crippen molar-refractivity contribution in [2.24, 2.45) is 0 Å². The van der Waals surface area contributed by atoms with E-state index in [1.165, 1.54) is 16.5 Å². The van der Waals surface area contributed by atoms with E-state index in [1.54, 1.807) is 7.11 Å². The molecule has 1 aromatic heterocycles. The van der Waals surface area contributed by atoms with Gasteiger partial charge in [0, 0.05) is 23.1 Å². The molecule has 1 heterocycles. The molecule has 0 spiro atoms. The SMILES string of the molecule is COc1ccc2c(c1)c(C)cn2C(C)C. The normalized spacial score (nSPS) is 11.3. The second-order valence-electron chi connectivity index (χ2n) is 4.20. The van der Waals surface area contributed by atoms with E-state index in [9.17, 15) is 0 Å². The summed E-state index contributed by atoms with van der Waals surface area (Å²) in [7, 11) is 1.70. The second kappa shape index (κ2) is 3.61. The topological polar surface area (TPSA) is 14.2 Å². The number of benzene rings is 1. The minimum atomic E-state index is 0.495. The fourth-order valence-corrected chi connectivity index (χ4v) is 1.96. The molecule has 0 bridgehead atoms. The van der Waals surface area contributed by atoms with Crippen LogP contribution in [-0.2, 0) is 0 Å². The average molecular weight is 203 g/mol. The molecule has 2 rings (SSSR count). The summed E-state index contributed by atoms with van der Waals surface area (Å²) in [6.07, 6.45) is 2.20. The third-order valence-corrected chi connectivity index (χ3v) is 2.80. The number of methoxy groups -OCH3 is 1. The van der Waals surface area contributed by atoms with Gasteiger partial charge in [0.15, 0.2) is 0 Å². The first-order valence-electron chi connectivity index (χ1n) is 5.28. The molecular formula is C13H17NO. The van der Waals surface area contributed by atoms with Gasteiger partial charge in [0.05, 0.1) is 7.11 Å². The Labute approximate surface area is 90.5 Å². The molecule has 0 aliphatic heterocycles. The van der Waals surface area contributed by atoms with E-state index in [2.05, 4.69) is 43.7 Å². The minimum absolute atomic E-state index is 0.495. The lowest BCUT2D eigenvalue weighted by molar-refractivity contribution is 0.415. The Morgan fingerprint density at radius 1 is 1.27 bits per heavy atom. The van der Waals surface area contributed by atoms with Crippen molar-refractivity contribution in [2.45, 2.75) is 26.8 Å². The summed E-state index contributed by atoms with van der Waals surface area (Å²) in [5.41, 5.74) is 2.58. The number of nitrogens with zero attached hydrogens (tertiary/aromatic N) is 1. The van der Waals surface area contributed by atoms with Crippen molar-refractivity contribution in [2.75, 3.05) is 7.11 Å². The number of hydrogen-bond acceptors (Lipinski definition) is 1. The molecule has 0 aliphatic rings. The van der Waals surface area contributed by atoms with Crippen LogP contribution in [-0.4, -0.2) is 11.7 Å². The average Bonchev–Trinajstić information content (AvgIpc) is 2.56. The van der Waals surface area contributed by atoms with Crippen LogP contribution in [0.25, 0.3) is 10.9 Å². The molecule has 0 atom stereocenters. The lowest BCUT2D eigenvalue weighted by Gasteiger charge is -2.09. The van der Waals surface area contributed by atoms with E-state index in [0.717, 1.165) is 5.75 Å². The number of ether oxygens (including phenoxy) is 1. The number of aryl methyl sites for hydroxylation is 1. The maximum Gasteiger partial charge on any atom is 0.119 e. The van der Waals surface area contributed by atoms with Crippen molar-refractivity contribution < 1.29 is 4.74 Å². The zero-order valence-electron chi connectivity index (χ0n) is 9.74. The van der Waals surface area contributed by atoms with E-state index in [-0.39, 0.29) is 0 Å². The van der Waals surface area contributed by atoms with Gasteiger partial charge in [0.1, 0.15) is 5.75 Å². The molecule has 0 radical (unpaired) electrons. The maximum atomic E-state index is 5.24. The van der Waals surface area contributed by atoms with Gasteiger partial charge in [-0.1, -0.05) is 0 Å². The molecule has 0 saturated carbocycles. The highest BCUT2D eigenvalue weighted by atomic mass is 16.5. The monoisotopic (exact) mass is 203 g/mol. The maximum absolute atomic E-state index is 5.24. The Balaban J connectivity index is 2.69. The van der Waals surface area contributed by atoms with Gasteiger partial charge in [-0.2, -0.15) is 0 Å². The van der Waals surface area contributed by atoms with E-state index in [0.29, 0.717) is 6.04 Å². The van der Waals surface area contributed by atoms with Crippen molar-refractivity contribution in [1.29, 1.82) is 0 Å². The van der Waals surface area contributed by atoms with Crippen LogP contribution in [0.5, 0.6) is 5.75 Å². The van der Waals surface area contributed by atoms with Crippen LogP contribution < -0.4 is 4.74 Å². The Bertz CT molecular complexity index is 482. The summed E-state index contributed by atoms with van der Waals surface area (Å²) in [5.74, 6) is 0.923. The van der Waals surface area contributed by atoms with Crippen LogP contribution in [0.4, 0.5) is 0 Å². The lowest BCUT2D eigenvalue weighted by atomic mass is 10.2. The Morgan fingerprint density at radius 2 is 2.00 bits per heavy atom. The van der Waals surface area contributed by atoms with Crippen LogP contribution in [0.1, 0.15) is 25.5 Å². The highest BCUT2D eigenvalue weighted by molar-refractivity contribution is 5.85. The number of aromatic nitrogens is 1. The summed E-state index contributed by atoms with van der Waals surface area (Å²) >= 11 is 0. The van der Waals surface area contributed by atoms with E-state index >= 15 is 0 Å². The molecule has 2 heteroatoms. The molecule has 0 aliphatic carbocycles. The van der Waals surface area contributed by atoms with E-state index in [4.69, 9.17) is 4.74 Å². The molecule has 0 N–H and O–H groups in total. The highest BCUT2D eigenvalue weighted by Gasteiger charge is 2.08. The van der Waals surface area contributed by atoms with Crippen LogP contribution in [0.3, 0.4) is 0 Å². The van der Waals surface area contributed by atoms with Crippen molar-refractivity contribution in [3.8, 4) is 5.75 Å². The molecular weight excluding hydrogens is 186 g/mol. The van der Waals surface area contributed by atoms with Gasteiger partial charge in [-0.25, -0.2) is 0 Å². The summed E-state index contributed by atoms with van der Waals surface area (Å²) in [6, 6.07) is 6.74. The van der Waals surface area contributed by atoms with Gasteiger partial charge >= 0.3 is 0 Å². The summed E-state index contributed by atoms with van der Waals surface area (Å²) < 4.78 is 7.53. The first-order chi connectivity index (χ1) is 7.13. The Morgan fingerprint density at radius 3 is 2.60 bits per heavy atom. The number of hydrogen-bond donors (Lipinski definition) is 0. The fraction of sp³-hybridized carbons (Fsp3) is 0.385.